The Hall–Kier alpha value is -2.30. The molecular formula is C12H9F3NO6S-. The molecule has 0 radical (unpaired) electrons. The fourth-order valence-corrected chi connectivity index (χ4v) is 2.50. The van der Waals surface area contributed by atoms with Crippen molar-refractivity contribution in [3.8, 4) is 5.75 Å². The molecule has 0 aliphatic carbocycles. The van der Waals surface area contributed by atoms with Crippen LogP contribution in [-0.2, 0) is 21.3 Å². The maximum Gasteiger partial charge on any atom is 0.534 e. The van der Waals surface area contributed by atoms with Gasteiger partial charge in [0.1, 0.15) is 5.75 Å². The fourth-order valence-electron chi connectivity index (χ4n) is 2.05. The van der Waals surface area contributed by atoms with Gasteiger partial charge in [0.2, 0.25) is 0 Å². The number of carbonyl (C=O) groups excluding carboxylic acids is 2. The van der Waals surface area contributed by atoms with Gasteiger partial charge in [-0.3, -0.25) is 4.79 Å². The van der Waals surface area contributed by atoms with E-state index in [0.717, 1.165) is 23.1 Å². The molecule has 0 fully saturated rings. The Balaban J connectivity index is 2.26. The molecule has 0 spiro atoms. The summed E-state index contributed by atoms with van der Waals surface area (Å²) in [4.78, 5) is 23.5. The topological polar surface area (TPSA) is 104 Å². The van der Waals surface area contributed by atoms with Crippen molar-refractivity contribution in [2.45, 2.75) is 11.9 Å². The van der Waals surface area contributed by atoms with Crippen LogP contribution in [0.3, 0.4) is 0 Å². The van der Waals surface area contributed by atoms with Crippen LogP contribution in [0.4, 0.5) is 13.2 Å². The lowest BCUT2D eigenvalue weighted by Gasteiger charge is -2.29. The summed E-state index contributed by atoms with van der Waals surface area (Å²) in [6, 6.07) is 2.98. The Labute approximate surface area is 128 Å². The summed E-state index contributed by atoms with van der Waals surface area (Å²) in [6.45, 7) is -0.603. The van der Waals surface area contributed by atoms with Crippen LogP contribution < -0.4 is 9.29 Å². The molecule has 0 N–H and O–H groups in total. The Morgan fingerprint density at radius 3 is 2.57 bits per heavy atom. The number of fused-ring (bicyclic) bond motifs is 1. The number of hydrogen-bond donors (Lipinski definition) is 0. The second kappa shape index (κ2) is 5.72. The number of amides is 1. The standard InChI is InChI=1S/C12H10F3NO6S/c13-12(14,15)23(20,21)22-8-1-2-9-7(5-8)3-4-16(11(9)19)6-10(17)18/h1-2,5H,3-4,6H2,(H,17,18)/p-1. The number of rotatable bonds is 4. The highest BCUT2D eigenvalue weighted by Crippen LogP contribution is 2.29. The third-order valence-corrected chi connectivity index (χ3v) is 4.03. The number of halogens is 3. The van der Waals surface area contributed by atoms with Crippen LogP contribution in [0.25, 0.3) is 0 Å². The van der Waals surface area contributed by atoms with E-state index in [4.69, 9.17) is 0 Å². The first-order valence-electron chi connectivity index (χ1n) is 6.14. The van der Waals surface area contributed by atoms with E-state index in [9.17, 15) is 36.3 Å². The molecule has 1 aliphatic heterocycles. The molecule has 11 heteroatoms. The van der Waals surface area contributed by atoms with E-state index in [1.54, 1.807) is 0 Å². The molecule has 1 aromatic rings. The van der Waals surface area contributed by atoms with Crippen LogP contribution in [0.2, 0.25) is 0 Å². The minimum absolute atomic E-state index is 0.00921. The first-order chi connectivity index (χ1) is 10.5. The fraction of sp³-hybridized carbons (Fsp3) is 0.333. The molecule has 1 heterocycles. The van der Waals surface area contributed by atoms with Crippen molar-refractivity contribution in [1.82, 2.24) is 4.90 Å². The van der Waals surface area contributed by atoms with Crippen LogP contribution >= 0.6 is 0 Å². The number of hydrogen-bond acceptors (Lipinski definition) is 6. The molecule has 0 saturated carbocycles. The summed E-state index contributed by atoms with van der Waals surface area (Å²) in [7, 11) is -5.80. The highest BCUT2D eigenvalue weighted by molar-refractivity contribution is 7.88. The van der Waals surface area contributed by atoms with Crippen LogP contribution in [-0.4, -0.2) is 43.8 Å². The molecule has 1 aromatic carbocycles. The van der Waals surface area contributed by atoms with Gasteiger partial charge in [-0.2, -0.15) is 21.6 Å². The number of carbonyl (C=O) groups is 2. The zero-order valence-electron chi connectivity index (χ0n) is 11.3. The summed E-state index contributed by atoms with van der Waals surface area (Å²) < 4.78 is 62.6. The van der Waals surface area contributed by atoms with Crippen molar-refractivity contribution in [1.29, 1.82) is 0 Å². The predicted molar refractivity (Wildman–Crippen MR) is 66.7 cm³/mol. The van der Waals surface area contributed by atoms with Gasteiger partial charge in [-0.1, -0.05) is 0 Å². The molecule has 23 heavy (non-hydrogen) atoms. The van der Waals surface area contributed by atoms with E-state index >= 15 is 0 Å². The van der Waals surface area contributed by atoms with Crippen molar-refractivity contribution in [3.63, 3.8) is 0 Å². The quantitative estimate of drug-likeness (QED) is 0.543. The van der Waals surface area contributed by atoms with E-state index in [1.165, 1.54) is 0 Å². The summed E-state index contributed by atoms with van der Waals surface area (Å²) >= 11 is 0. The predicted octanol–water partition coefficient (Wildman–Crippen LogP) is -0.337. The van der Waals surface area contributed by atoms with E-state index in [2.05, 4.69) is 4.18 Å². The van der Waals surface area contributed by atoms with Crippen LogP contribution in [0.15, 0.2) is 18.2 Å². The van der Waals surface area contributed by atoms with E-state index in [-0.39, 0.29) is 24.1 Å². The third-order valence-electron chi connectivity index (χ3n) is 3.05. The van der Waals surface area contributed by atoms with Gasteiger partial charge in [-0.15, -0.1) is 0 Å². The zero-order valence-corrected chi connectivity index (χ0v) is 12.1. The largest absolute Gasteiger partial charge is 0.548 e. The summed E-state index contributed by atoms with van der Waals surface area (Å²) in [5.74, 6) is -2.67. The van der Waals surface area contributed by atoms with E-state index in [1.807, 2.05) is 0 Å². The van der Waals surface area contributed by atoms with Gasteiger partial charge in [0.05, 0.1) is 12.5 Å². The number of alkyl halides is 3. The first kappa shape index (κ1) is 17.1. The second-order valence-corrected chi connectivity index (χ2v) is 6.19. The SMILES string of the molecule is O=C([O-])CN1CCc2cc(OS(=O)(=O)C(F)(F)F)ccc2C1=O. The average Bonchev–Trinajstić information content (AvgIpc) is 2.40. The third kappa shape index (κ3) is 3.55. The lowest BCUT2D eigenvalue weighted by molar-refractivity contribution is -0.305. The number of benzene rings is 1. The number of carboxylic acids is 1. The smallest absolute Gasteiger partial charge is 0.534 e. The molecular weight excluding hydrogens is 343 g/mol. The van der Waals surface area contributed by atoms with Gasteiger partial charge in [-0.05, 0) is 30.2 Å². The maximum absolute atomic E-state index is 12.3. The molecule has 0 unspecified atom stereocenters. The second-order valence-electron chi connectivity index (χ2n) is 4.65. The lowest BCUT2D eigenvalue weighted by Crippen LogP contribution is -2.44. The van der Waals surface area contributed by atoms with Crippen molar-refractivity contribution >= 4 is 22.0 Å². The van der Waals surface area contributed by atoms with Crippen LogP contribution in [0.5, 0.6) is 5.75 Å². The number of nitrogens with zero attached hydrogens (tertiary/aromatic N) is 1. The molecule has 0 atom stereocenters. The maximum atomic E-state index is 12.3. The highest BCUT2D eigenvalue weighted by Gasteiger charge is 2.48. The van der Waals surface area contributed by atoms with Gasteiger partial charge in [-0.25, -0.2) is 0 Å². The normalized spacial score (nSPS) is 15.3. The minimum atomic E-state index is -5.80. The average molecular weight is 352 g/mol. The molecule has 0 saturated heterocycles. The Morgan fingerprint density at radius 2 is 2.00 bits per heavy atom. The number of aliphatic carboxylic acids is 1. The molecule has 0 bridgehead atoms. The summed E-state index contributed by atoms with van der Waals surface area (Å²) in [5.41, 5.74) is -5.24. The minimum Gasteiger partial charge on any atom is -0.548 e. The van der Waals surface area contributed by atoms with Gasteiger partial charge in [0.25, 0.3) is 5.91 Å². The van der Waals surface area contributed by atoms with Crippen molar-refractivity contribution < 1.29 is 40.5 Å². The summed E-state index contributed by atoms with van der Waals surface area (Å²) in [5, 5.41) is 10.5. The van der Waals surface area contributed by atoms with Crippen molar-refractivity contribution in [3.05, 3.63) is 29.3 Å². The Kier molecular flexibility index (Phi) is 4.24. The first-order valence-corrected chi connectivity index (χ1v) is 7.55. The van der Waals surface area contributed by atoms with Gasteiger partial charge in [0.15, 0.2) is 0 Å². The van der Waals surface area contributed by atoms with Gasteiger partial charge < -0.3 is 19.0 Å². The molecule has 1 aliphatic rings. The van der Waals surface area contributed by atoms with Gasteiger partial charge >= 0.3 is 15.6 Å². The Morgan fingerprint density at radius 1 is 1.35 bits per heavy atom. The molecule has 0 aromatic heterocycles. The van der Waals surface area contributed by atoms with Crippen molar-refractivity contribution in [2.24, 2.45) is 0 Å². The van der Waals surface area contributed by atoms with E-state index in [0.29, 0.717) is 0 Å². The molecule has 2 rings (SSSR count). The molecule has 7 nitrogen and oxygen atoms in total. The van der Waals surface area contributed by atoms with Crippen LogP contribution in [0, 0.1) is 0 Å². The van der Waals surface area contributed by atoms with Crippen LogP contribution in [0.1, 0.15) is 15.9 Å². The van der Waals surface area contributed by atoms with Crippen molar-refractivity contribution in [2.75, 3.05) is 13.1 Å². The summed E-state index contributed by atoms with van der Waals surface area (Å²) in [6.07, 6.45) is 0.137. The molecule has 1 amide bonds. The molecule has 126 valence electrons. The Bertz CT molecular complexity index is 759. The van der Waals surface area contributed by atoms with E-state index < -0.39 is 39.8 Å². The zero-order chi connectivity index (χ0) is 17.4. The van der Waals surface area contributed by atoms with Gasteiger partial charge in [0, 0.05) is 12.1 Å². The monoisotopic (exact) mass is 352 g/mol. The highest BCUT2D eigenvalue weighted by atomic mass is 32.2. The lowest BCUT2D eigenvalue weighted by atomic mass is 9.99. The number of carboxylic acid groups (broad SMARTS) is 1.